The maximum Gasteiger partial charge on any atom is 0.335 e. The minimum Gasteiger partial charge on any atom is -0.481 e. The average Bonchev–Trinajstić information content (AvgIpc) is 0.982. The molecule has 0 aromatic heterocycles. The van der Waals surface area contributed by atoms with Gasteiger partial charge in [-0.2, -0.15) is 0 Å². The molecule has 43 heteroatoms. The third-order valence-corrected chi connectivity index (χ3v) is 21.0. The van der Waals surface area contributed by atoms with Gasteiger partial charge in [-0.05, 0) is 120 Å². The minimum atomic E-state index is -2.88. The van der Waals surface area contributed by atoms with Gasteiger partial charge in [-0.1, -0.05) is 76.2 Å². The lowest BCUT2D eigenvalue weighted by Gasteiger charge is -2.40. The largest absolute Gasteiger partial charge is 0.481 e. The molecule has 0 aromatic rings. The van der Waals surface area contributed by atoms with E-state index in [4.69, 9.17) is 38.1 Å². The Bertz CT molecular complexity index is 3420. The standard InChI is InChI=1S/C74H128N16O27/c1-15-116-59(61(79)101)53-68(108)83-43(30-48(94)95)72(112)90-27-19-17-21-45(90)74(115)117-58(35(9)33(6)7)52(69(109)85-50(39(13)91)66(106)81-41(20-16-18-26-75)63(103)82-42(29-32(4)5)71(111)89(14)44(64(104)87-53)23-25-47(77)93)88-65(105)49(36(10)37(11)60(78)100)84-70(110)57(99)55(97)40(22-24-46(76)92)80-67(107)51(56(98)73(113)114)86-62(102)38(12)54(96)34(8)28-31(2)3/h31-45,49-59,61,91,96-99,101H,15-30,75,79H2,1-14H3,(H2,76,92)(H2,77,93)(H2,78,100)(H,80,107)(H,81,106)(H,82,103)(H,83,108)(H,84,110)(H,85,109)(H,86,102)(H,87,104)(H,88,105)(H,94,95)(H,113,114). The minimum absolute atomic E-state index is 0.0433. The first-order valence-corrected chi connectivity index (χ1v) is 39.4. The number of unbranched alkanes of at least 4 members (excludes halogenated alkanes) is 1. The molecular weight excluding hydrogens is 1540 g/mol. The molecule has 0 aromatic carbocycles. The van der Waals surface area contributed by atoms with Crippen molar-refractivity contribution < 1.29 is 132 Å². The number of amides is 14. The maximum absolute atomic E-state index is 15.7. The van der Waals surface area contributed by atoms with Crippen molar-refractivity contribution in [2.75, 3.05) is 26.7 Å². The second kappa shape index (κ2) is 49.1. The molecule has 24 atom stereocenters. The van der Waals surface area contributed by atoms with E-state index in [2.05, 4.69) is 47.9 Å². The average molecular weight is 1670 g/mol. The number of hydrogen-bond acceptors (Lipinski definition) is 27. The van der Waals surface area contributed by atoms with E-state index in [1.165, 1.54) is 27.7 Å². The zero-order chi connectivity index (χ0) is 89.6. The highest BCUT2D eigenvalue weighted by Crippen LogP contribution is 2.29. The van der Waals surface area contributed by atoms with Gasteiger partial charge in [0.05, 0.1) is 30.6 Å². The Morgan fingerprint density at radius 3 is 1.70 bits per heavy atom. The van der Waals surface area contributed by atoms with Gasteiger partial charge >= 0.3 is 17.9 Å². The summed E-state index contributed by atoms with van der Waals surface area (Å²) in [6.45, 7) is 18.4. The second-order valence-electron chi connectivity index (χ2n) is 31.6. The number of cyclic esters (lactones) is 1. The van der Waals surface area contributed by atoms with Gasteiger partial charge in [0.2, 0.25) is 76.8 Å². The number of fused-ring (bicyclic) bond motifs is 1. The van der Waals surface area contributed by atoms with Crippen LogP contribution in [-0.4, -0.2) is 293 Å². The number of carbonyl (C=O) groups excluding carboxylic acids is 15. The molecule has 0 saturated carbocycles. The number of nitrogens with two attached hydrogens (primary N) is 5. The fourth-order valence-electron chi connectivity index (χ4n) is 13.6. The molecule has 27 N–H and O–H groups in total. The first-order chi connectivity index (χ1) is 54.4. The number of likely N-dealkylation sites (N-methyl/N-ethyl adjacent to an activating group) is 1. The van der Waals surface area contributed by atoms with E-state index in [1.54, 1.807) is 34.6 Å². The molecule has 2 aliphatic rings. The van der Waals surface area contributed by atoms with Crippen LogP contribution in [0.1, 0.15) is 173 Å². The predicted molar refractivity (Wildman–Crippen MR) is 413 cm³/mol. The highest BCUT2D eigenvalue weighted by atomic mass is 16.5. The fourth-order valence-corrected chi connectivity index (χ4v) is 13.6. The quantitative estimate of drug-likeness (QED) is 0.0154. The lowest BCUT2D eigenvalue weighted by Crippen LogP contribution is -2.66. The highest BCUT2D eigenvalue weighted by Gasteiger charge is 2.49. The van der Waals surface area contributed by atoms with Crippen LogP contribution >= 0.6 is 0 Å². The van der Waals surface area contributed by atoms with Crippen molar-refractivity contribution in [1.29, 1.82) is 0 Å². The summed E-state index contributed by atoms with van der Waals surface area (Å²) in [5, 5.41) is 109. The van der Waals surface area contributed by atoms with Crippen LogP contribution in [0.4, 0.5) is 0 Å². The van der Waals surface area contributed by atoms with Crippen LogP contribution in [-0.2, 0) is 91.0 Å². The summed E-state index contributed by atoms with van der Waals surface area (Å²) in [4.78, 5) is 243. The number of aliphatic carboxylic acids is 2. The van der Waals surface area contributed by atoms with E-state index in [-0.39, 0.29) is 70.6 Å². The summed E-state index contributed by atoms with van der Waals surface area (Å²) >= 11 is 0. The van der Waals surface area contributed by atoms with Crippen LogP contribution < -0.4 is 76.5 Å². The summed E-state index contributed by atoms with van der Waals surface area (Å²) in [6, 6.07) is -22.7. The Morgan fingerprint density at radius 1 is 0.607 bits per heavy atom. The van der Waals surface area contributed by atoms with Crippen molar-refractivity contribution in [2.45, 2.75) is 289 Å². The summed E-state index contributed by atoms with van der Waals surface area (Å²) in [5.41, 5.74) is 28.5. The lowest BCUT2D eigenvalue weighted by molar-refractivity contribution is -0.168. The van der Waals surface area contributed by atoms with Crippen molar-refractivity contribution in [3.05, 3.63) is 0 Å². The van der Waals surface area contributed by atoms with Gasteiger partial charge in [-0.3, -0.25) is 71.9 Å². The number of esters is 1. The Morgan fingerprint density at radius 2 is 1.18 bits per heavy atom. The Balaban J connectivity index is 3.25. The molecule has 2 fully saturated rings. The molecule has 14 amide bonds. The number of aliphatic hydroxyl groups is 6. The van der Waals surface area contributed by atoms with Crippen LogP contribution in [0.5, 0.6) is 0 Å². The van der Waals surface area contributed by atoms with Crippen LogP contribution in [0.2, 0.25) is 0 Å². The van der Waals surface area contributed by atoms with Crippen molar-refractivity contribution in [2.24, 2.45) is 76.0 Å². The SMILES string of the molecule is CCOC(C(N)O)C1NC(=O)C(CCC(N)=O)N(C)C(=O)C(CC(C)C)NC(=O)C(CCCCN)NC(=O)C(C(C)O)NC(=O)C(NC(=O)C(NC(=O)C(O)C(O)C(CCC(N)=O)NC(=O)C(NC(=O)C(C)C(O)C(C)CC(C)C)C(O)C(=O)O)C(C)C(C)C(N)=O)C(C(C)C(C)C)OC(=O)C2CCCCN2C(=O)C(CC(=O)O)NC1=O. The van der Waals surface area contributed by atoms with Gasteiger partial charge < -0.3 is 137 Å². The number of rotatable bonds is 40. The van der Waals surface area contributed by atoms with E-state index in [0.717, 1.165) is 30.7 Å². The Labute approximate surface area is 679 Å². The number of hydrogen-bond donors (Lipinski definition) is 22. The van der Waals surface area contributed by atoms with Crippen molar-refractivity contribution >= 4 is 101 Å². The zero-order valence-corrected chi connectivity index (χ0v) is 69.0. The van der Waals surface area contributed by atoms with Crippen molar-refractivity contribution in [3.8, 4) is 0 Å². The van der Waals surface area contributed by atoms with E-state index < -0.39 is 290 Å². The molecule has 0 spiro atoms. The molecule has 2 aliphatic heterocycles. The van der Waals surface area contributed by atoms with E-state index in [9.17, 15) is 103 Å². The number of carboxylic acids is 2. The van der Waals surface area contributed by atoms with Gasteiger partial charge in [-0.15, -0.1) is 0 Å². The lowest BCUT2D eigenvalue weighted by atomic mass is 9.85. The summed E-state index contributed by atoms with van der Waals surface area (Å²) in [7, 11) is 1.09. The Kier molecular flexibility index (Phi) is 43.5. The van der Waals surface area contributed by atoms with Gasteiger partial charge in [0, 0.05) is 39.0 Å². The fraction of sp³-hybridized carbons (Fsp3) is 0.770. The van der Waals surface area contributed by atoms with Gasteiger partial charge in [0.15, 0.2) is 12.2 Å². The molecule has 24 unspecified atom stereocenters. The summed E-state index contributed by atoms with van der Waals surface area (Å²) in [6.07, 6.45) is -21.7. The first-order valence-electron chi connectivity index (χ1n) is 39.4. The predicted octanol–water partition coefficient (Wildman–Crippen LogP) is -7.38. The molecule has 2 rings (SSSR count). The number of primary amides is 3. The molecule has 0 bridgehead atoms. The number of carbonyl (C=O) groups is 17. The zero-order valence-electron chi connectivity index (χ0n) is 69.0. The van der Waals surface area contributed by atoms with Gasteiger partial charge in [-0.25, -0.2) is 9.59 Å². The normalized spacial score (nSPS) is 24.6. The number of nitrogens with one attached hydrogen (secondary N) is 9. The third kappa shape index (κ3) is 31.8. The maximum atomic E-state index is 15.7. The topological polar surface area (TPSA) is 715 Å². The van der Waals surface area contributed by atoms with Crippen LogP contribution in [0.3, 0.4) is 0 Å². The van der Waals surface area contributed by atoms with Crippen LogP contribution in [0.25, 0.3) is 0 Å². The number of piperidine rings is 1. The molecule has 43 nitrogen and oxygen atoms in total. The van der Waals surface area contributed by atoms with Gasteiger partial charge in [0.25, 0.3) is 5.91 Å². The molecular formula is C74H128N16O27. The molecule has 0 radical (unpaired) electrons. The molecule has 666 valence electrons. The number of ether oxygens (including phenoxy) is 2. The molecule has 2 saturated heterocycles. The van der Waals surface area contributed by atoms with Crippen LogP contribution in [0, 0.1) is 47.3 Å². The summed E-state index contributed by atoms with van der Waals surface area (Å²) < 4.78 is 11.9. The molecule has 117 heavy (non-hydrogen) atoms. The third-order valence-electron chi connectivity index (χ3n) is 21.0. The van der Waals surface area contributed by atoms with Gasteiger partial charge in [0.1, 0.15) is 85.0 Å². The molecule has 2 heterocycles. The second-order valence-corrected chi connectivity index (χ2v) is 31.6. The smallest absolute Gasteiger partial charge is 0.335 e. The summed E-state index contributed by atoms with van der Waals surface area (Å²) in [5.74, 6) is -30.8. The Hall–Kier alpha value is -9.37. The van der Waals surface area contributed by atoms with Crippen molar-refractivity contribution in [3.63, 3.8) is 0 Å². The van der Waals surface area contributed by atoms with Crippen LogP contribution in [0.15, 0.2) is 0 Å². The van der Waals surface area contributed by atoms with E-state index >= 15 is 19.2 Å². The monoisotopic (exact) mass is 1670 g/mol. The highest BCUT2D eigenvalue weighted by molar-refractivity contribution is 6.01. The van der Waals surface area contributed by atoms with E-state index in [1.807, 2.05) is 13.8 Å². The van der Waals surface area contributed by atoms with E-state index in [0.29, 0.717) is 6.42 Å². The first kappa shape index (κ1) is 104. The molecule has 0 aliphatic carbocycles. The van der Waals surface area contributed by atoms with Crippen molar-refractivity contribution in [1.82, 2.24) is 57.7 Å². The number of aliphatic hydroxyl groups excluding tert-OH is 6. The number of nitrogens with zero attached hydrogens (tertiary/aromatic N) is 2. The number of carboxylic acid groups (broad SMARTS) is 2.